The number of amides is 1. The van der Waals surface area contributed by atoms with Gasteiger partial charge in [0.15, 0.2) is 6.61 Å². The van der Waals surface area contributed by atoms with E-state index in [1.807, 2.05) is 19.1 Å². The molecule has 0 aliphatic rings. The molecule has 0 atom stereocenters. The lowest BCUT2D eigenvalue weighted by molar-refractivity contribution is -0.118. The van der Waals surface area contributed by atoms with Crippen molar-refractivity contribution < 1.29 is 13.9 Å². The summed E-state index contributed by atoms with van der Waals surface area (Å²) in [4.78, 5) is 23.5. The summed E-state index contributed by atoms with van der Waals surface area (Å²) in [6.45, 7) is 1.67. The topological polar surface area (TPSA) is 68.5 Å². The zero-order chi connectivity index (χ0) is 18.0. The van der Waals surface area contributed by atoms with Gasteiger partial charge in [0.25, 0.3) is 5.91 Å². The molecule has 3 rings (SSSR count). The van der Waals surface area contributed by atoms with Crippen molar-refractivity contribution in [2.75, 3.05) is 11.9 Å². The van der Waals surface area contributed by atoms with Crippen LogP contribution in [-0.2, 0) is 4.79 Å². The van der Waals surface area contributed by atoms with E-state index < -0.39 is 5.63 Å². The molecule has 0 unspecified atom stereocenters. The number of halogens is 2. The zero-order valence-corrected chi connectivity index (χ0v) is 16.3. The highest BCUT2D eigenvalue weighted by Crippen LogP contribution is 2.26. The Morgan fingerprint density at radius 2 is 1.96 bits per heavy atom. The number of benzene rings is 2. The molecule has 1 aromatic heterocycles. The number of hydrogen-bond donors (Lipinski definition) is 1. The number of anilines is 1. The smallest absolute Gasteiger partial charge is 0.336 e. The van der Waals surface area contributed by atoms with Gasteiger partial charge in [-0.05, 0) is 58.7 Å². The summed E-state index contributed by atoms with van der Waals surface area (Å²) in [5.74, 6) is 0.153. The highest BCUT2D eigenvalue weighted by atomic mass is 79.9. The maximum atomic E-state index is 12.1. The summed E-state index contributed by atoms with van der Waals surface area (Å²) >= 11 is 6.74. The molecule has 0 spiro atoms. The Morgan fingerprint density at radius 1 is 1.16 bits per heavy atom. The molecule has 0 fully saturated rings. The van der Waals surface area contributed by atoms with Crippen LogP contribution in [0.4, 0.5) is 5.69 Å². The molecule has 1 amide bonds. The van der Waals surface area contributed by atoms with Crippen LogP contribution in [0.5, 0.6) is 5.75 Å². The van der Waals surface area contributed by atoms with Gasteiger partial charge in [0.1, 0.15) is 11.3 Å². The van der Waals surface area contributed by atoms with E-state index in [1.165, 1.54) is 6.07 Å². The van der Waals surface area contributed by atoms with E-state index in [2.05, 4.69) is 37.2 Å². The molecule has 25 heavy (non-hydrogen) atoms. The number of ether oxygens (including phenoxy) is 1. The van der Waals surface area contributed by atoms with Crippen molar-refractivity contribution in [3.8, 4) is 5.75 Å². The monoisotopic (exact) mass is 465 g/mol. The predicted octanol–water partition coefficient (Wildman–Crippen LogP) is 4.64. The summed E-state index contributed by atoms with van der Waals surface area (Å²) < 4.78 is 12.3. The number of fused-ring (bicyclic) bond motifs is 1. The SMILES string of the molecule is Cc1cc(=O)oc2cc(OCC(=O)Nc3ccc(Br)cc3Br)ccc12. The molecule has 1 heterocycles. The number of hydrogen-bond acceptors (Lipinski definition) is 4. The van der Waals surface area contributed by atoms with Crippen molar-refractivity contribution in [2.45, 2.75) is 6.92 Å². The average Bonchev–Trinajstić information content (AvgIpc) is 2.55. The van der Waals surface area contributed by atoms with Gasteiger partial charge in [-0.15, -0.1) is 0 Å². The van der Waals surface area contributed by atoms with E-state index in [4.69, 9.17) is 9.15 Å². The normalized spacial score (nSPS) is 10.7. The van der Waals surface area contributed by atoms with Gasteiger partial charge in [-0.2, -0.15) is 0 Å². The number of aryl methyl sites for hydroxylation is 1. The quantitative estimate of drug-likeness (QED) is 0.568. The van der Waals surface area contributed by atoms with Crippen molar-refractivity contribution in [3.63, 3.8) is 0 Å². The molecule has 2 aromatic carbocycles. The Hall–Kier alpha value is -2.12. The first-order chi connectivity index (χ1) is 11.9. The molecule has 3 aromatic rings. The third kappa shape index (κ3) is 4.29. The summed E-state index contributed by atoms with van der Waals surface area (Å²) in [7, 11) is 0. The van der Waals surface area contributed by atoms with E-state index >= 15 is 0 Å². The van der Waals surface area contributed by atoms with Crippen LogP contribution < -0.4 is 15.7 Å². The van der Waals surface area contributed by atoms with E-state index in [9.17, 15) is 9.59 Å². The van der Waals surface area contributed by atoms with Crippen molar-refractivity contribution in [2.24, 2.45) is 0 Å². The van der Waals surface area contributed by atoms with Gasteiger partial charge in [-0.25, -0.2) is 4.79 Å². The van der Waals surface area contributed by atoms with Gasteiger partial charge < -0.3 is 14.5 Å². The second kappa shape index (κ2) is 7.41. The van der Waals surface area contributed by atoms with Gasteiger partial charge in [0.2, 0.25) is 0 Å². The van der Waals surface area contributed by atoms with Gasteiger partial charge in [0.05, 0.1) is 5.69 Å². The van der Waals surface area contributed by atoms with Crippen LogP contribution in [-0.4, -0.2) is 12.5 Å². The van der Waals surface area contributed by atoms with Crippen LogP contribution in [0.1, 0.15) is 5.56 Å². The minimum atomic E-state index is -0.417. The van der Waals surface area contributed by atoms with Crippen molar-refractivity contribution in [1.82, 2.24) is 0 Å². The minimum Gasteiger partial charge on any atom is -0.484 e. The van der Waals surface area contributed by atoms with E-state index in [1.54, 1.807) is 24.3 Å². The fraction of sp³-hybridized carbons (Fsp3) is 0.111. The van der Waals surface area contributed by atoms with Gasteiger partial charge in [-0.3, -0.25) is 4.79 Å². The lowest BCUT2D eigenvalue weighted by Crippen LogP contribution is -2.20. The van der Waals surface area contributed by atoms with Crippen LogP contribution in [0.2, 0.25) is 0 Å². The fourth-order valence-corrected chi connectivity index (χ4v) is 3.47. The van der Waals surface area contributed by atoms with Crippen LogP contribution in [0.3, 0.4) is 0 Å². The van der Waals surface area contributed by atoms with Crippen LogP contribution >= 0.6 is 31.9 Å². The highest BCUT2D eigenvalue weighted by molar-refractivity contribution is 9.11. The first-order valence-corrected chi connectivity index (χ1v) is 8.93. The Labute approximate surface area is 160 Å². The predicted molar refractivity (Wildman–Crippen MR) is 103 cm³/mol. The molecule has 128 valence electrons. The molecule has 7 heteroatoms. The third-order valence-electron chi connectivity index (χ3n) is 3.50. The molecular formula is C18H13Br2NO4. The minimum absolute atomic E-state index is 0.163. The first kappa shape index (κ1) is 17.7. The Kier molecular flexibility index (Phi) is 5.24. The largest absolute Gasteiger partial charge is 0.484 e. The van der Waals surface area contributed by atoms with Gasteiger partial charge >= 0.3 is 5.63 Å². The average molecular weight is 467 g/mol. The maximum absolute atomic E-state index is 12.1. The molecule has 0 aliphatic carbocycles. The zero-order valence-electron chi connectivity index (χ0n) is 13.1. The molecule has 5 nitrogen and oxygen atoms in total. The van der Waals surface area contributed by atoms with Crippen molar-refractivity contribution in [3.05, 3.63) is 67.4 Å². The lowest BCUT2D eigenvalue weighted by Gasteiger charge is -2.10. The summed E-state index contributed by atoms with van der Waals surface area (Å²) in [6.07, 6.45) is 0. The summed E-state index contributed by atoms with van der Waals surface area (Å²) in [6, 6.07) is 12.0. The molecule has 0 saturated heterocycles. The molecular weight excluding hydrogens is 454 g/mol. The van der Waals surface area contributed by atoms with E-state index in [0.29, 0.717) is 17.0 Å². The highest BCUT2D eigenvalue weighted by Gasteiger charge is 2.09. The van der Waals surface area contributed by atoms with Crippen LogP contribution in [0.25, 0.3) is 11.0 Å². The Morgan fingerprint density at radius 3 is 2.72 bits per heavy atom. The Bertz CT molecular complexity index is 1010. The van der Waals surface area contributed by atoms with Crippen LogP contribution in [0, 0.1) is 6.92 Å². The fourth-order valence-electron chi connectivity index (χ4n) is 2.32. The maximum Gasteiger partial charge on any atom is 0.336 e. The van der Waals surface area contributed by atoms with Crippen LogP contribution in [0.15, 0.2) is 60.6 Å². The number of rotatable bonds is 4. The third-order valence-corrected chi connectivity index (χ3v) is 4.65. The second-order valence-corrected chi connectivity index (χ2v) is 7.14. The standard InChI is InChI=1S/C18H13Br2NO4/c1-10-6-18(23)25-16-8-12(3-4-13(10)16)24-9-17(22)21-15-5-2-11(19)7-14(15)20/h2-8H,9H2,1H3,(H,21,22). The number of carbonyl (C=O) groups is 1. The molecule has 0 aliphatic heterocycles. The second-order valence-electron chi connectivity index (χ2n) is 5.37. The first-order valence-electron chi connectivity index (χ1n) is 7.34. The molecule has 0 saturated carbocycles. The summed E-state index contributed by atoms with van der Waals surface area (Å²) in [5.41, 5.74) is 1.49. The van der Waals surface area contributed by atoms with Gasteiger partial charge in [0, 0.05) is 26.5 Å². The van der Waals surface area contributed by atoms with E-state index in [0.717, 1.165) is 19.9 Å². The van der Waals surface area contributed by atoms with E-state index in [-0.39, 0.29) is 12.5 Å². The summed E-state index contributed by atoms with van der Waals surface area (Å²) in [5, 5.41) is 3.59. The van der Waals surface area contributed by atoms with Crippen molar-refractivity contribution >= 4 is 54.4 Å². The lowest BCUT2D eigenvalue weighted by atomic mass is 10.1. The molecule has 0 radical (unpaired) electrons. The number of carbonyl (C=O) groups excluding carboxylic acids is 1. The Balaban J connectivity index is 1.69. The van der Waals surface area contributed by atoms with Crippen molar-refractivity contribution in [1.29, 1.82) is 0 Å². The number of nitrogens with one attached hydrogen (secondary N) is 1. The van der Waals surface area contributed by atoms with Gasteiger partial charge in [-0.1, -0.05) is 15.9 Å². The molecule has 1 N–H and O–H groups in total. The molecule has 0 bridgehead atoms.